The van der Waals surface area contributed by atoms with Crippen molar-refractivity contribution in [3.05, 3.63) is 63.9 Å². The van der Waals surface area contributed by atoms with Crippen LogP contribution in [0.4, 0.5) is 10.1 Å². The van der Waals surface area contributed by atoms with Crippen molar-refractivity contribution in [2.45, 2.75) is 52.2 Å². The third kappa shape index (κ3) is 8.08. The van der Waals surface area contributed by atoms with Crippen LogP contribution in [0.2, 0.25) is 10.0 Å². The summed E-state index contributed by atoms with van der Waals surface area (Å²) in [5, 5.41) is 3.46. The summed E-state index contributed by atoms with van der Waals surface area (Å²) in [6.45, 7) is 6.44. The van der Waals surface area contributed by atoms with Crippen LogP contribution in [-0.2, 0) is 26.2 Å². The lowest BCUT2D eigenvalue weighted by atomic mass is 10.1. The monoisotopic (exact) mass is 545 g/mol. The standard InChI is InChI=1S/C24H30Cl2FN3O4S/c1-6-20(23(32)28-24(2,3)4)29(14-16-11-12-17(25)18(26)13-16)22(31)15-30(35(5,33)34)21-10-8-7-9-19(21)27/h7-13,20H,6,14-15H2,1-5H3,(H,28,32)/t20-/m1/s1. The molecule has 0 spiro atoms. The number of carbonyl (C=O) groups is 2. The van der Waals surface area contributed by atoms with Crippen molar-refractivity contribution in [3.63, 3.8) is 0 Å². The molecule has 2 aromatic rings. The summed E-state index contributed by atoms with van der Waals surface area (Å²) in [7, 11) is -4.03. The second-order valence-electron chi connectivity index (χ2n) is 9.15. The molecule has 0 heterocycles. The van der Waals surface area contributed by atoms with E-state index in [4.69, 9.17) is 23.2 Å². The van der Waals surface area contributed by atoms with Crippen molar-refractivity contribution in [1.82, 2.24) is 10.2 Å². The molecule has 0 bridgehead atoms. The quantitative estimate of drug-likeness (QED) is 0.498. The van der Waals surface area contributed by atoms with Gasteiger partial charge < -0.3 is 10.2 Å². The molecule has 0 aliphatic carbocycles. The average Bonchev–Trinajstić information content (AvgIpc) is 2.73. The summed E-state index contributed by atoms with van der Waals surface area (Å²) in [4.78, 5) is 28.0. The number of benzene rings is 2. The van der Waals surface area contributed by atoms with E-state index in [1.165, 1.54) is 23.1 Å². The Morgan fingerprint density at radius 2 is 1.71 bits per heavy atom. The van der Waals surface area contributed by atoms with Crippen LogP contribution in [0.3, 0.4) is 0 Å². The molecule has 2 rings (SSSR count). The lowest BCUT2D eigenvalue weighted by Crippen LogP contribution is -2.55. The number of para-hydroxylation sites is 1. The number of amides is 2. The van der Waals surface area contributed by atoms with Gasteiger partial charge in [-0.15, -0.1) is 0 Å². The first-order valence-electron chi connectivity index (χ1n) is 10.9. The minimum Gasteiger partial charge on any atom is -0.350 e. The minimum absolute atomic E-state index is 0.0410. The molecular weight excluding hydrogens is 516 g/mol. The molecule has 0 aliphatic heterocycles. The number of hydrogen-bond acceptors (Lipinski definition) is 4. The summed E-state index contributed by atoms with van der Waals surface area (Å²) < 4.78 is 40.2. The van der Waals surface area contributed by atoms with E-state index in [-0.39, 0.29) is 23.7 Å². The van der Waals surface area contributed by atoms with E-state index in [0.717, 1.165) is 12.3 Å². The van der Waals surface area contributed by atoms with Crippen LogP contribution in [0.5, 0.6) is 0 Å². The van der Waals surface area contributed by atoms with Gasteiger partial charge in [0.1, 0.15) is 18.4 Å². The summed E-state index contributed by atoms with van der Waals surface area (Å²) in [5.41, 5.74) is -0.231. The third-order valence-corrected chi connectivity index (χ3v) is 6.89. The Bertz CT molecular complexity index is 1190. The van der Waals surface area contributed by atoms with Gasteiger partial charge in [-0.05, 0) is 57.0 Å². The van der Waals surface area contributed by atoms with Gasteiger partial charge in [-0.2, -0.15) is 0 Å². The summed E-state index contributed by atoms with van der Waals surface area (Å²) in [6.07, 6.45) is 1.15. The molecule has 1 N–H and O–H groups in total. The lowest BCUT2D eigenvalue weighted by molar-refractivity contribution is -0.141. The van der Waals surface area contributed by atoms with Crippen molar-refractivity contribution >= 4 is 50.7 Å². The zero-order valence-corrected chi connectivity index (χ0v) is 22.6. The fourth-order valence-corrected chi connectivity index (χ4v) is 4.63. The van der Waals surface area contributed by atoms with Gasteiger partial charge in [0.25, 0.3) is 0 Å². The van der Waals surface area contributed by atoms with Crippen molar-refractivity contribution in [3.8, 4) is 0 Å². The van der Waals surface area contributed by atoms with Gasteiger partial charge in [0.05, 0.1) is 22.0 Å². The molecule has 0 aliphatic rings. The third-order valence-electron chi connectivity index (χ3n) is 5.02. The molecule has 2 aromatic carbocycles. The van der Waals surface area contributed by atoms with Crippen LogP contribution in [0.25, 0.3) is 0 Å². The Hall–Kier alpha value is -2.36. The van der Waals surface area contributed by atoms with Gasteiger partial charge in [0.2, 0.25) is 21.8 Å². The zero-order valence-electron chi connectivity index (χ0n) is 20.3. The van der Waals surface area contributed by atoms with E-state index in [0.29, 0.717) is 14.9 Å². The highest BCUT2D eigenvalue weighted by Crippen LogP contribution is 2.25. The number of nitrogens with one attached hydrogen (secondary N) is 1. The fraction of sp³-hybridized carbons (Fsp3) is 0.417. The smallest absolute Gasteiger partial charge is 0.244 e. The van der Waals surface area contributed by atoms with Crippen LogP contribution < -0.4 is 9.62 Å². The number of anilines is 1. The molecule has 11 heteroatoms. The second kappa shape index (κ2) is 11.6. The van der Waals surface area contributed by atoms with E-state index in [9.17, 15) is 22.4 Å². The molecule has 1 atom stereocenters. The molecule has 0 saturated heterocycles. The van der Waals surface area contributed by atoms with Crippen molar-refractivity contribution < 1.29 is 22.4 Å². The molecule has 2 amide bonds. The van der Waals surface area contributed by atoms with E-state index >= 15 is 0 Å². The van der Waals surface area contributed by atoms with Crippen LogP contribution in [0, 0.1) is 5.82 Å². The molecule has 0 fully saturated rings. The molecule has 7 nitrogen and oxygen atoms in total. The predicted octanol–water partition coefficient (Wildman–Crippen LogP) is 4.62. The molecule has 0 unspecified atom stereocenters. The van der Waals surface area contributed by atoms with Crippen molar-refractivity contribution in [1.29, 1.82) is 0 Å². The van der Waals surface area contributed by atoms with Gasteiger partial charge >= 0.3 is 0 Å². The first-order valence-corrected chi connectivity index (χ1v) is 13.5. The molecule has 192 valence electrons. The Balaban J connectivity index is 2.50. The maximum atomic E-state index is 14.5. The van der Waals surface area contributed by atoms with Crippen molar-refractivity contribution in [2.75, 3.05) is 17.1 Å². The van der Waals surface area contributed by atoms with Crippen LogP contribution in [0.15, 0.2) is 42.5 Å². The normalized spacial score (nSPS) is 12.7. The second-order valence-corrected chi connectivity index (χ2v) is 11.9. The highest BCUT2D eigenvalue weighted by molar-refractivity contribution is 7.92. The SMILES string of the molecule is CC[C@H](C(=O)NC(C)(C)C)N(Cc1ccc(Cl)c(Cl)c1)C(=O)CN(c1ccccc1F)S(C)(=O)=O. The number of rotatable bonds is 9. The van der Waals surface area contributed by atoms with E-state index < -0.39 is 45.8 Å². The Labute approximate surface area is 216 Å². The summed E-state index contributed by atoms with van der Waals surface area (Å²) in [6, 6.07) is 9.16. The van der Waals surface area contributed by atoms with Crippen LogP contribution >= 0.6 is 23.2 Å². The number of halogens is 3. The first kappa shape index (κ1) is 28.9. The lowest BCUT2D eigenvalue weighted by Gasteiger charge is -2.34. The Morgan fingerprint density at radius 1 is 1.09 bits per heavy atom. The molecule has 35 heavy (non-hydrogen) atoms. The molecular formula is C24H30Cl2FN3O4S. The molecule has 0 aromatic heterocycles. The predicted molar refractivity (Wildman–Crippen MR) is 138 cm³/mol. The Morgan fingerprint density at radius 3 is 2.23 bits per heavy atom. The molecule has 0 radical (unpaired) electrons. The maximum absolute atomic E-state index is 14.5. The zero-order chi connectivity index (χ0) is 26.6. The van der Waals surface area contributed by atoms with Gasteiger partial charge in [0, 0.05) is 12.1 Å². The summed E-state index contributed by atoms with van der Waals surface area (Å²) in [5.74, 6) is -1.87. The largest absolute Gasteiger partial charge is 0.350 e. The van der Waals surface area contributed by atoms with Crippen LogP contribution in [-0.4, -0.2) is 49.5 Å². The van der Waals surface area contributed by atoms with Gasteiger partial charge in [-0.25, -0.2) is 12.8 Å². The van der Waals surface area contributed by atoms with E-state index in [1.54, 1.807) is 25.1 Å². The fourth-order valence-electron chi connectivity index (χ4n) is 3.46. The minimum atomic E-state index is -4.03. The summed E-state index contributed by atoms with van der Waals surface area (Å²) >= 11 is 12.1. The number of carbonyl (C=O) groups excluding carboxylic acids is 2. The molecule has 0 saturated carbocycles. The van der Waals surface area contributed by atoms with Gasteiger partial charge in [-0.1, -0.05) is 48.3 Å². The highest BCUT2D eigenvalue weighted by Gasteiger charge is 2.33. The number of sulfonamides is 1. The first-order chi connectivity index (χ1) is 16.1. The van der Waals surface area contributed by atoms with Gasteiger partial charge in [0.15, 0.2) is 0 Å². The maximum Gasteiger partial charge on any atom is 0.244 e. The van der Waals surface area contributed by atoms with E-state index in [1.807, 2.05) is 20.8 Å². The average molecular weight is 546 g/mol. The van der Waals surface area contributed by atoms with E-state index in [2.05, 4.69) is 5.32 Å². The Kier molecular flexibility index (Phi) is 9.56. The highest BCUT2D eigenvalue weighted by atomic mass is 35.5. The number of hydrogen-bond donors (Lipinski definition) is 1. The van der Waals surface area contributed by atoms with Gasteiger partial charge in [-0.3, -0.25) is 13.9 Å². The number of nitrogens with zero attached hydrogens (tertiary/aromatic N) is 2. The topological polar surface area (TPSA) is 86.8 Å². The van der Waals surface area contributed by atoms with Crippen molar-refractivity contribution in [2.24, 2.45) is 0 Å². The van der Waals surface area contributed by atoms with Crippen LogP contribution in [0.1, 0.15) is 39.7 Å².